The van der Waals surface area contributed by atoms with Gasteiger partial charge in [-0.05, 0) is 0 Å². The average molecular weight is 327 g/mol. The van der Waals surface area contributed by atoms with Crippen LogP contribution in [-0.4, -0.2) is 85.1 Å². The lowest BCUT2D eigenvalue weighted by molar-refractivity contribution is -0.298. The molecule has 0 aromatic carbocycles. The number of hydrogen-bond acceptors (Lipinski definition) is 8. The van der Waals surface area contributed by atoms with Gasteiger partial charge in [0.1, 0.15) is 18.3 Å². The predicted octanol–water partition coefficient (Wildman–Crippen LogP) is -3.58. The fourth-order valence-electron chi connectivity index (χ4n) is 2.17. The van der Waals surface area contributed by atoms with Crippen molar-refractivity contribution in [2.24, 2.45) is 0 Å². The summed E-state index contributed by atoms with van der Waals surface area (Å²) < 4.78 is 17.4. The molecule has 0 radical (unpaired) electrons. The van der Waals surface area contributed by atoms with E-state index in [4.69, 9.17) is 14.9 Å². The summed E-state index contributed by atoms with van der Waals surface area (Å²) in [5.74, 6) is -5.50. The number of rotatable bonds is 5. The number of amides is 1. The van der Waals surface area contributed by atoms with E-state index in [1.54, 1.807) is 0 Å². The molecular formula is C11H18FNO9. The Balaban J connectivity index is 3.11. The largest absolute Gasteiger partial charge is 0.477 e. The maximum absolute atomic E-state index is 12.7. The van der Waals surface area contributed by atoms with E-state index in [-0.39, 0.29) is 0 Å². The molecule has 1 fully saturated rings. The molecule has 7 N–H and O–H groups in total. The number of carboxylic acids is 1. The third-order valence-corrected chi connectivity index (χ3v) is 3.26. The SMILES string of the molecule is CC(=O)N[C@H]1[C@H]([C@H](O)[C@H](O)C(O)F)O[C@](O)(C(=O)O)C[C@@H]1O. The molecule has 0 bridgehead atoms. The number of carbonyl (C=O) groups excluding carboxylic acids is 1. The second-order valence-corrected chi connectivity index (χ2v) is 5.02. The summed E-state index contributed by atoms with van der Waals surface area (Å²) in [6, 6.07) is -1.44. The van der Waals surface area contributed by atoms with Crippen molar-refractivity contribution in [2.75, 3.05) is 0 Å². The molecule has 128 valence electrons. The molecule has 1 saturated heterocycles. The van der Waals surface area contributed by atoms with Gasteiger partial charge in [-0.25, -0.2) is 9.18 Å². The van der Waals surface area contributed by atoms with Crippen LogP contribution in [0.25, 0.3) is 0 Å². The van der Waals surface area contributed by atoms with Crippen LogP contribution in [-0.2, 0) is 14.3 Å². The van der Waals surface area contributed by atoms with Crippen LogP contribution in [0.2, 0.25) is 0 Å². The highest BCUT2D eigenvalue weighted by molar-refractivity contribution is 5.76. The number of aliphatic hydroxyl groups is 5. The van der Waals surface area contributed by atoms with Crippen molar-refractivity contribution in [2.45, 2.75) is 55.9 Å². The molecule has 0 spiro atoms. The van der Waals surface area contributed by atoms with Crippen molar-refractivity contribution < 1.29 is 49.4 Å². The number of aliphatic carboxylic acids is 1. The summed E-state index contributed by atoms with van der Waals surface area (Å²) in [6.07, 6.45) is -12.0. The van der Waals surface area contributed by atoms with Gasteiger partial charge in [-0.3, -0.25) is 4.79 Å². The molecule has 0 aliphatic carbocycles. The van der Waals surface area contributed by atoms with Crippen molar-refractivity contribution in [3.05, 3.63) is 0 Å². The second kappa shape index (κ2) is 6.81. The lowest BCUT2D eigenvalue weighted by atomic mass is 9.88. The van der Waals surface area contributed by atoms with E-state index in [9.17, 15) is 34.4 Å². The number of carboxylic acid groups (broad SMARTS) is 1. The van der Waals surface area contributed by atoms with Gasteiger partial charge in [-0.1, -0.05) is 0 Å². The summed E-state index contributed by atoms with van der Waals surface area (Å²) in [4.78, 5) is 22.1. The summed E-state index contributed by atoms with van der Waals surface area (Å²) >= 11 is 0. The highest BCUT2D eigenvalue weighted by Gasteiger charge is 2.54. The molecule has 0 aromatic rings. The molecule has 1 aliphatic rings. The molecule has 7 atom stereocenters. The zero-order valence-electron chi connectivity index (χ0n) is 11.5. The summed E-state index contributed by atoms with van der Waals surface area (Å²) in [7, 11) is 0. The van der Waals surface area contributed by atoms with E-state index in [0.717, 1.165) is 6.92 Å². The van der Waals surface area contributed by atoms with Crippen LogP contribution in [0.3, 0.4) is 0 Å². The van der Waals surface area contributed by atoms with E-state index < -0.39 is 60.9 Å². The number of alkyl halides is 1. The fourth-order valence-corrected chi connectivity index (χ4v) is 2.17. The van der Waals surface area contributed by atoms with Gasteiger partial charge >= 0.3 is 5.97 Å². The van der Waals surface area contributed by atoms with Crippen molar-refractivity contribution in [3.63, 3.8) is 0 Å². The summed E-state index contributed by atoms with van der Waals surface area (Å²) in [5.41, 5.74) is 0. The van der Waals surface area contributed by atoms with E-state index in [2.05, 4.69) is 5.32 Å². The van der Waals surface area contributed by atoms with Gasteiger partial charge in [-0.15, -0.1) is 0 Å². The zero-order chi connectivity index (χ0) is 17.2. The average Bonchev–Trinajstić information content (AvgIpc) is 2.39. The minimum atomic E-state index is -2.92. The maximum Gasteiger partial charge on any atom is 0.364 e. The smallest absolute Gasteiger partial charge is 0.364 e. The summed E-state index contributed by atoms with van der Waals surface area (Å²) in [5, 5.41) is 58.4. The molecule has 10 nitrogen and oxygen atoms in total. The number of aliphatic hydroxyl groups excluding tert-OH is 4. The number of hydrogen-bond donors (Lipinski definition) is 7. The van der Waals surface area contributed by atoms with Gasteiger partial charge < -0.3 is 40.7 Å². The van der Waals surface area contributed by atoms with E-state index in [0.29, 0.717) is 0 Å². The topological polar surface area (TPSA) is 177 Å². The van der Waals surface area contributed by atoms with Gasteiger partial charge in [-0.2, -0.15) is 0 Å². The third kappa shape index (κ3) is 3.88. The zero-order valence-corrected chi connectivity index (χ0v) is 11.5. The first kappa shape index (κ1) is 18.7. The Labute approximate surface area is 123 Å². The van der Waals surface area contributed by atoms with Crippen LogP contribution in [0.5, 0.6) is 0 Å². The van der Waals surface area contributed by atoms with Gasteiger partial charge in [0.2, 0.25) is 12.3 Å². The molecule has 1 aliphatic heterocycles. The van der Waals surface area contributed by atoms with E-state index in [1.807, 2.05) is 0 Å². The van der Waals surface area contributed by atoms with Gasteiger partial charge in [0.15, 0.2) is 0 Å². The van der Waals surface area contributed by atoms with E-state index in [1.165, 1.54) is 0 Å². The summed E-state index contributed by atoms with van der Waals surface area (Å²) in [6.45, 7) is 1.05. The highest BCUT2D eigenvalue weighted by Crippen LogP contribution is 2.30. The lowest BCUT2D eigenvalue weighted by Crippen LogP contribution is -2.67. The van der Waals surface area contributed by atoms with Crippen molar-refractivity contribution in [1.29, 1.82) is 0 Å². The Bertz CT molecular complexity index is 434. The first-order chi connectivity index (χ1) is 9.99. The first-order valence-electron chi connectivity index (χ1n) is 6.26. The molecular weight excluding hydrogens is 309 g/mol. The lowest BCUT2D eigenvalue weighted by Gasteiger charge is -2.44. The van der Waals surface area contributed by atoms with Crippen LogP contribution in [0, 0.1) is 0 Å². The Hall–Kier alpha value is -1.37. The molecule has 0 aromatic heterocycles. The molecule has 11 heteroatoms. The van der Waals surface area contributed by atoms with Crippen LogP contribution < -0.4 is 5.32 Å². The molecule has 1 amide bonds. The van der Waals surface area contributed by atoms with Crippen LogP contribution >= 0.6 is 0 Å². The van der Waals surface area contributed by atoms with Crippen LogP contribution in [0.15, 0.2) is 0 Å². The Morgan fingerprint density at radius 1 is 1.36 bits per heavy atom. The van der Waals surface area contributed by atoms with Crippen LogP contribution in [0.4, 0.5) is 4.39 Å². The number of ether oxygens (including phenoxy) is 1. The van der Waals surface area contributed by atoms with Crippen molar-refractivity contribution in [1.82, 2.24) is 5.32 Å². The number of halogens is 1. The Kier molecular flexibility index (Phi) is 5.78. The van der Waals surface area contributed by atoms with Gasteiger partial charge in [0, 0.05) is 13.3 Å². The molecule has 0 saturated carbocycles. The third-order valence-electron chi connectivity index (χ3n) is 3.26. The van der Waals surface area contributed by atoms with Crippen molar-refractivity contribution in [3.8, 4) is 0 Å². The van der Waals surface area contributed by atoms with Gasteiger partial charge in [0.05, 0.1) is 12.1 Å². The Morgan fingerprint density at radius 2 is 1.91 bits per heavy atom. The van der Waals surface area contributed by atoms with Crippen LogP contribution in [0.1, 0.15) is 13.3 Å². The monoisotopic (exact) mass is 327 g/mol. The molecule has 22 heavy (non-hydrogen) atoms. The quantitative estimate of drug-likeness (QED) is 0.269. The minimum Gasteiger partial charge on any atom is -0.477 e. The number of carbonyl (C=O) groups is 2. The second-order valence-electron chi connectivity index (χ2n) is 5.02. The standard InChI is InChI=1S/C11H18FNO9/c1-3(14)13-5-4(15)2-11(21,10(19)20)22-8(5)6(16)7(17)9(12)18/h4-9,15-18,21H,2H2,1H3,(H,13,14)(H,19,20)/t4-,5+,6+,7-,8+,9?,11-/m0/s1. The fraction of sp³-hybridized carbons (Fsp3) is 0.818. The van der Waals surface area contributed by atoms with Crippen molar-refractivity contribution >= 4 is 11.9 Å². The van der Waals surface area contributed by atoms with Gasteiger partial charge in [0.25, 0.3) is 5.79 Å². The minimum absolute atomic E-state index is 0.694. The molecule has 1 unspecified atom stereocenters. The van der Waals surface area contributed by atoms with E-state index >= 15 is 0 Å². The Morgan fingerprint density at radius 3 is 2.32 bits per heavy atom. The predicted molar refractivity (Wildman–Crippen MR) is 64.8 cm³/mol. The maximum atomic E-state index is 12.7. The molecule has 1 rings (SSSR count). The number of nitrogens with one attached hydrogen (secondary N) is 1. The first-order valence-corrected chi connectivity index (χ1v) is 6.26. The molecule has 1 heterocycles. The normalized spacial score (nSPS) is 36.2. The highest BCUT2D eigenvalue weighted by atomic mass is 19.1.